The van der Waals surface area contributed by atoms with E-state index in [1.54, 1.807) is 0 Å². The maximum atomic E-state index is 12.4. The standard InChI is InChI=1S/C56H95NO46/c1-11(65)57-21-30(74)42(18(8-64)89-48(21)86)98-53-41(85)44(100-55-47(36(80)27(71)16(6-62)94-55)103-56-46(35(79)26(70)17(7-63)95-56)102-52-39(83)33(77)24(68)14(4-60)92-52)29(73)20(97-53)10-88-50-40(84)43(28(72)19(96-50)9-87-49-37(81)31(75)22(66)12(2-58)90-49)99-54-45(34(78)25(69)15(5-61)93-54)101-51-38(82)32(76)23(67)13(3-59)91-51/h12-56,58-64,66-86H,2-10H2,1H3,(H,57,65)/t12-,13-,14-,15-,16-,17-,18-,19-,20-,21-,22-,23-,24-,25-,26-,27-,28-,29-,30-,31+,32+,33+,34+,35+,36+,37+,38+,39+,40+,41+,42-,43+,44+,45+,46+,47+,48-,49+,50+,51-,52-,53+,54-,55-,56-/m1/s1. The van der Waals surface area contributed by atoms with E-state index < -0.39 is 342 Å². The quantitative estimate of drug-likeness (QED) is 0.0382. The molecule has 0 saturated carbocycles. The molecule has 47 nitrogen and oxygen atoms in total. The lowest BCUT2D eigenvalue weighted by Crippen LogP contribution is -2.69. The lowest BCUT2D eigenvalue weighted by Gasteiger charge is -2.50. The van der Waals surface area contributed by atoms with E-state index in [4.69, 9.17) is 80.5 Å². The van der Waals surface area contributed by atoms with Gasteiger partial charge in [0.2, 0.25) is 5.91 Å². The molecule has 45 atom stereocenters. The van der Waals surface area contributed by atoms with Crippen molar-refractivity contribution < 1.29 is 228 Å². The fourth-order valence-electron chi connectivity index (χ4n) is 13.1. The first-order chi connectivity index (χ1) is 48.8. The van der Waals surface area contributed by atoms with E-state index in [0.29, 0.717) is 0 Å². The summed E-state index contributed by atoms with van der Waals surface area (Å²) >= 11 is 0. The maximum Gasteiger partial charge on any atom is 0.217 e. The predicted octanol–water partition coefficient (Wildman–Crippen LogP) is -20.5. The summed E-state index contributed by atoms with van der Waals surface area (Å²) in [6.45, 7) is -8.75. The van der Waals surface area contributed by atoms with Crippen molar-refractivity contribution in [3.63, 3.8) is 0 Å². The molecule has 0 aliphatic carbocycles. The number of hydrogen-bond acceptors (Lipinski definition) is 46. The molecule has 0 radical (unpaired) electrons. The van der Waals surface area contributed by atoms with Crippen LogP contribution < -0.4 is 5.32 Å². The highest BCUT2D eigenvalue weighted by Crippen LogP contribution is 2.40. The van der Waals surface area contributed by atoms with Gasteiger partial charge < -0.3 is 229 Å². The van der Waals surface area contributed by atoms with Crippen LogP contribution in [0.3, 0.4) is 0 Å². The van der Waals surface area contributed by atoms with E-state index in [2.05, 4.69) is 5.32 Å². The van der Waals surface area contributed by atoms with Crippen molar-refractivity contribution in [1.29, 1.82) is 0 Å². The first-order valence-electron chi connectivity index (χ1n) is 32.7. The van der Waals surface area contributed by atoms with Crippen molar-refractivity contribution in [1.82, 2.24) is 5.32 Å². The summed E-state index contributed by atoms with van der Waals surface area (Å²) < 4.78 is 98.4. The van der Waals surface area contributed by atoms with Crippen molar-refractivity contribution in [2.24, 2.45) is 0 Å². The minimum atomic E-state index is -2.52. The van der Waals surface area contributed by atoms with Gasteiger partial charge in [-0.05, 0) is 0 Å². The Labute approximate surface area is 581 Å². The zero-order chi connectivity index (χ0) is 75.6. The van der Waals surface area contributed by atoms with Gasteiger partial charge in [0.15, 0.2) is 56.6 Å². The van der Waals surface area contributed by atoms with E-state index in [9.17, 15) is 148 Å². The molecule has 9 aliphatic rings. The summed E-state index contributed by atoms with van der Waals surface area (Å²) in [5.74, 6) is -0.857. The molecule has 29 N–H and O–H groups in total. The number of amides is 1. The highest BCUT2D eigenvalue weighted by Gasteiger charge is 2.60. The zero-order valence-corrected chi connectivity index (χ0v) is 54.2. The average molecular weight is 1520 g/mol. The minimum absolute atomic E-state index is 0.857. The molecule has 0 aromatic rings. The predicted molar refractivity (Wildman–Crippen MR) is 309 cm³/mol. The van der Waals surface area contributed by atoms with E-state index in [1.807, 2.05) is 0 Å². The number of carbonyl (C=O) groups excluding carboxylic acids is 1. The van der Waals surface area contributed by atoms with Crippen molar-refractivity contribution in [2.45, 2.75) is 283 Å². The summed E-state index contributed by atoms with van der Waals surface area (Å²) in [6, 6.07) is -1.77. The molecule has 0 unspecified atom stereocenters. The molecule has 103 heavy (non-hydrogen) atoms. The van der Waals surface area contributed by atoms with Gasteiger partial charge in [-0.25, -0.2) is 0 Å². The molecular weight excluding hydrogens is 1420 g/mol. The second-order valence-corrected chi connectivity index (χ2v) is 26.0. The third-order valence-corrected chi connectivity index (χ3v) is 19.1. The number of nitrogens with one attached hydrogen (secondary N) is 1. The summed E-state index contributed by atoms with van der Waals surface area (Å²) in [5.41, 5.74) is 0. The molecule has 0 bridgehead atoms. The van der Waals surface area contributed by atoms with Crippen LogP contribution in [0.25, 0.3) is 0 Å². The van der Waals surface area contributed by atoms with Crippen molar-refractivity contribution in [2.75, 3.05) is 59.5 Å². The van der Waals surface area contributed by atoms with E-state index in [0.717, 1.165) is 6.92 Å². The molecule has 9 rings (SSSR count). The average Bonchev–Trinajstić information content (AvgIpc) is 0.767. The summed E-state index contributed by atoms with van der Waals surface area (Å²) in [7, 11) is 0. The molecule has 0 spiro atoms. The topological polar surface area (TPSA) is 752 Å². The van der Waals surface area contributed by atoms with Gasteiger partial charge in [-0.15, -0.1) is 0 Å². The molecule has 9 heterocycles. The number of rotatable bonds is 26. The van der Waals surface area contributed by atoms with E-state index >= 15 is 0 Å². The van der Waals surface area contributed by atoms with Crippen molar-refractivity contribution in [3.8, 4) is 0 Å². The van der Waals surface area contributed by atoms with Crippen LogP contribution in [0.15, 0.2) is 0 Å². The molecular formula is C56H95NO46. The first-order valence-corrected chi connectivity index (χ1v) is 32.7. The number of ether oxygens (including phenoxy) is 17. The molecule has 9 aliphatic heterocycles. The molecule has 9 saturated heterocycles. The Morgan fingerprint density at radius 1 is 0.252 bits per heavy atom. The van der Waals surface area contributed by atoms with E-state index in [-0.39, 0.29) is 0 Å². The third kappa shape index (κ3) is 18.0. The molecule has 47 heteroatoms. The lowest BCUT2D eigenvalue weighted by atomic mass is 9.94. The second kappa shape index (κ2) is 36.7. The monoisotopic (exact) mass is 1520 g/mol. The Kier molecular flexibility index (Phi) is 30.2. The van der Waals surface area contributed by atoms with Crippen molar-refractivity contribution >= 4 is 5.91 Å². The highest BCUT2D eigenvalue weighted by atomic mass is 16.8. The fraction of sp³-hybridized carbons (Fsp3) is 0.982. The molecule has 0 aromatic carbocycles. The van der Waals surface area contributed by atoms with E-state index in [1.165, 1.54) is 0 Å². The molecule has 0 aromatic heterocycles. The van der Waals surface area contributed by atoms with Crippen LogP contribution in [-0.4, -0.2) is 485 Å². The highest BCUT2D eigenvalue weighted by molar-refractivity contribution is 5.73. The summed E-state index contributed by atoms with van der Waals surface area (Å²) in [6.07, 6.45) is -93.7. The minimum Gasteiger partial charge on any atom is -0.394 e. The Balaban J connectivity index is 1.05. The van der Waals surface area contributed by atoms with Crippen LogP contribution in [0.5, 0.6) is 0 Å². The van der Waals surface area contributed by atoms with Gasteiger partial charge in [0.1, 0.15) is 220 Å². The van der Waals surface area contributed by atoms with Crippen LogP contribution in [0.1, 0.15) is 6.92 Å². The first kappa shape index (κ1) is 84.7. The maximum absolute atomic E-state index is 12.4. The van der Waals surface area contributed by atoms with Crippen LogP contribution >= 0.6 is 0 Å². The van der Waals surface area contributed by atoms with Gasteiger partial charge >= 0.3 is 0 Å². The van der Waals surface area contributed by atoms with Crippen LogP contribution in [-0.2, 0) is 85.3 Å². The molecule has 9 fully saturated rings. The number of aliphatic hydroxyl groups is 28. The zero-order valence-electron chi connectivity index (χ0n) is 54.2. The smallest absolute Gasteiger partial charge is 0.217 e. The van der Waals surface area contributed by atoms with Crippen LogP contribution in [0.4, 0.5) is 0 Å². The SMILES string of the molecule is CC(=O)N[C@@H]1[C@@H](O)[C@H](O[C@@H]2O[C@H](CO[C@H]3O[C@H](CO[C@H]4O[C@H](CO)[C@@H](O)[C@H](O)[C@@H]4O)[C@@H](O)[C@H](O[C@H]4O[C@H](CO)[C@@H](O)[C@H](O)[C@@H]4O[C@H]4O[C@H](CO)[C@@H](O)[C@H](O)[C@@H]4O)[C@@H]3O)[C@@H](O)[C@H](O[C@H]3O[C@H](CO)[C@@H](O)[C@H](O)[C@@H]3O[C@H]3O[C@H](CO)[C@@H](O)[C@H](O)[C@@H]3O[C@H]3O[C@H](CO)[C@@H](O)[C@H](O)[C@@H]3O)[C@@H]2O)[C@@H](CO)O[C@H]1O. The van der Waals surface area contributed by atoms with Gasteiger partial charge in [-0.1, -0.05) is 0 Å². The molecule has 1 amide bonds. The van der Waals surface area contributed by atoms with Gasteiger partial charge in [0.05, 0.1) is 59.5 Å². The summed E-state index contributed by atoms with van der Waals surface area (Å²) in [4.78, 5) is 12.3. The van der Waals surface area contributed by atoms with Crippen LogP contribution in [0.2, 0.25) is 0 Å². The largest absolute Gasteiger partial charge is 0.394 e. The summed E-state index contributed by atoms with van der Waals surface area (Å²) in [5, 5.41) is 309. The number of aliphatic hydroxyl groups excluding tert-OH is 28. The normalized spacial score (nSPS) is 52.4. The lowest BCUT2D eigenvalue weighted by molar-refractivity contribution is -0.408. The van der Waals surface area contributed by atoms with Gasteiger partial charge in [0.25, 0.3) is 0 Å². The van der Waals surface area contributed by atoms with Crippen molar-refractivity contribution in [3.05, 3.63) is 0 Å². The fourth-order valence-corrected chi connectivity index (χ4v) is 13.1. The Morgan fingerprint density at radius 2 is 0.505 bits per heavy atom. The number of carbonyl (C=O) groups is 1. The number of hydrogen-bond donors (Lipinski definition) is 29. The second-order valence-electron chi connectivity index (χ2n) is 26.0. The molecule has 600 valence electrons. The Bertz CT molecular complexity index is 2580. The van der Waals surface area contributed by atoms with Gasteiger partial charge in [-0.2, -0.15) is 0 Å². The van der Waals surface area contributed by atoms with Crippen LogP contribution in [0, 0.1) is 0 Å². The van der Waals surface area contributed by atoms with Gasteiger partial charge in [-0.3, -0.25) is 4.79 Å². The van der Waals surface area contributed by atoms with Gasteiger partial charge in [0, 0.05) is 6.92 Å². The third-order valence-electron chi connectivity index (χ3n) is 19.1. The Morgan fingerprint density at radius 3 is 0.854 bits per heavy atom. The Hall–Kier alpha value is -2.33.